The van der Waals surface area contributed by atoms with Crippen molar-refractivity contribution in [2.45, 2.75) is 20.0 Å². The van der Waals surface area contributed by atoms with Crippen molar-refractivity contribution in [3.8, 4) is 5.75 Å². The molecule has 0 unspecified atom stereocenters. The van der Waals surface area contributed by atoms with Gasteiger partial charge in [0.05, 0.1) is 12.1 Å². The zero-order chi connectivity index (χ0) is 15.4. The quantitative estimate of drug-likeness (QED) is 0.922. The van der Waals surface area contributed by atoms with Gasteiger partial charge in [0.2, 0.25) is 5.91 Å². The Balaban J connectivity index is 1.95. The molecule has 2 rings (SSSR count). The summed E-state index contributed by atoms with van der Waals surface area (Å²) in [6.07, 6.45) is 0.138. The van der Waals surface area contributed by atoms with Crippen molar-refractivity contribution in [1.29, 1.82) is 0 Å². The fourth-order valence-corrected chi connectivity index (χ4v) is 1.89. The van der Waals surface area contributed by atoms with Gasteiger partial charge in [-0.05, 0) is 24.6 Å². The van der Waals surface area contributed by atoms with Crippen LogP contribution in [0.1, 0.15) is 11.3 Å². The second kappa shape index (κ2) is 6.34. The zero-order valence-corrected chi connectivity index (χ0v) is 11.6. The van der Waals surface area contributed by atoms with E-state index >= 15 is 0 Å². The number of nitrogens with one attached hydrogen (secondary N) is 1. The summed E-state index contributed by atoms with van der Waals surface area (Å²) in [7, 11) is 1.74. The number of amides is 1. The van der Waals surface area contributed by atoms with E-state index in [0.29, 0.717) is 11.4 Å². The number of benzene rings is 1. The van der Waals surface area contributed by atoms with Crippen molar-refractivity contribution in [1.82, 2.24) is 9.78 Å². The van der Waals surface area contributed by atoms with Gasteiger partial charge in [-0.25, -0.2) is 0 Å². The van der Waals surface area contributed by atoms with Crippen molar-refractivity contribution >= 4 is 11.7 Å². The Hall–Kier alpha value is -2.44. The Kier molecular flexibility index (Phi) is 4.52. The lowest BCUT2D eigenvalue weighted by atomic mass is 10.1. The minimum atomic E-state index is -2.85. The smallest absolute Gasteiger partial charge is 0.387 e. The van der Waals surface area contributed by atoms with Crippen LogP contribution in [0.25, 0.3) is 0 Å². The second-order valence-corrected chi connectivity index (χ2v) is 4.54. The summed E-state index contributed by atoms with van der Waals surface area (Å²) in [4.78, 5) is 11.9. The van der Waals surface area contributed by atoms with Gasteiger partial charge in [0.15, 0.2) is 0 Å². The number of aryl methyl sites for hydroxylation is 2. The number of alkyl halides is 2. The Morgan fingerprint density at radius 1 is 1.38 bits per heavy atom. The number of hydrogen-bond donors (Lipinski definition) is 1. The fraction of sp³-hybridized carbons (Fsp3) is 0.286. The number of rotatable bonds is 5. The van der Waals surface area contributed by atoms with Crippen LogP contribution in [0.3, 0.4) is 0 Å². The standard InChI is InChI=1S/C14H15F2N3O2/c1-9-7-12(19(2)18-9)17-13(20)8-10-3-5-11(6-4-10)21-14(15)16/h3-7,14H,8H2,1-2H3,(H,17,20). The van der Waals surface area contributed by atoms with Crippen LogP contribution in [0, 0.1) is 6.92 Å². The van der Waals surface area contributed by atoms with Crippen molar-refractivity contribution in [3.05, 3.63) is 41.6 Å². The van der Waals surface area contributed by atoms with Gasteiger partial charge in [-0.3, -0.25) is 9.48 Å². The maximum Gasteiger partial charge on any atom is 0.387 e. The van der Waals surface area contributed by atoms with Crippen molar-refractivity contribution in [2.75, 3.05) is 5.32 Å². The highest BCUT2D eigenvalue weighted by Gasteiger charge is 2.09. The van der Waals surface area contributed by atoms with Crippen LogP contribution >= 0.6 is 0 Å². The van der Waals surface area contributed by atoms with E-state index in [0.717, 1.165) is 5.69 Å². The highest BCUT2D eigenvalue weighted by Crippen LogP contribution is 2.16. The topological polar surface area (TPSA) is 56.1 Å². The van der Waals surface area contributed by atoms with Gasteiger partial charge < -0.3 is 10.1 Å². The molecule has 0 aliphatic rings. The SMILES string of the molecule is Cc1cc(NC(=O)Cc2ccc(OC(F)F)cc2)n(C)n1. The molecule has 1 amide bonds. The number of halogens is 2. The molecule has 7 heteroatoms. The largest absolute Gasteiger partial charge is 0.435 e. The average molecular weight is 295 g/mol. The molecule has 21 heavy (non-hydrogen) atoms. The van der Waals surface area contributed by atoms with Gasteiger partial charge in [0.1, 0.15) is 11.6 Å². The van der Waals surface area contributed by atoms with E-state index in [1.807, 2.05) is 6.92 Å². The first-order chi connectivity index (χ1) is 9.94. The van der Waals surface area contributed by atoms with E-state index in [1.165, 1.54) is 12.1 Å². The molecule has 0 aliphatic heterocycles. The number of anilines is 1. The van der Waals surface area contributed by atoms with E-state index in [4.69, 9.17) is 0 Å². The highest BCUT2D eigenvalue weighted by molar-refractivity contribution is 5.91. The molecule has 0 fully saturated rings. The molecule has 0 spiro atoms. The Bertz CT molecular complexity index is 624. The number of aromatic nitrogens is 2. The molecule has 1 N–H and O–H groups in total. The van der Waals surface area contributed by atoms with Crippen molar-refractivity contribution in [3.63, 3.8) is 0 Å². The highest BCUT2D eigenvalue weighted by atomic mass is 19.3. The van der Waals surface area contributed by atoms with Crippen molar-refractivity contribution in [2.24, 2.45) is 7.05 Å². The summed E-state index contributed by atoms with van der Waals surface area (Å²) in [5.41, 5.74) is 1.51. The molecular formula is C14H15F2N3O2. The minimum absolute atomic E-state index is 0.0661. The van der Waals surface area contributed by atoms with Gasteiger partial charge in [-0.15, -0.1) is 0 Å². The molecule has 0 aliphatic carbocycles. The lowest BCUT2D eigenvalue weighted by molar-refractivity contribution is -0.115. The molecule has 1 aromatic carbocycles. The van der Waals surface area contributed by atoms with E-state index in [1.54, 1.807) is 29.9 Å². The molecule has 0 saturated carbocycles. The first-order valence-corrected chi connectivity index (χ1v) is 6.28. The second-order valence-electron chi connectivity index (χ2n) is 4.54. The number of carbonyl (C=O) groups excluding carboxylic acids is 1. The number of ether oxygens (including phenoxy) is 1. The van der Waals surface area contributed by atoms with Crippen LogP contribution < -0.4 is 10.1 Å². The van der Waals surface area contributed by atoms with Crippen LogP contribution in [0.5, 0.6) is 5.75 Å². The van der Waals surface area contributed by atoms with Crippen LogP contribution in [0.2, 0.25) is 0 Å². The fourth-order valence-electron chi connectivity index (χ4n) is 1.89. The van der Waals surface area contributed by atoms with Gasteiger partial charge in [0.25, 0.3) is 0 Å². The molecule has 0 atom stereocenters. The molecule has 2 aromatic rings. The number of nitrogens with zero attached hydrogens (tertiary/aromatic N) is 2. The van der Waals surface area contributed by atoms with Crippen LogP contribution in [0.15, 0.2) is 30.3 Å². The third kappa shape index (κ3) is 4.27. The van der Waals surface area contributed by atoms with Crippen LogP contribution in [-0.2, 0) is 18.3 Å². The summed E-state index contributed by atoms with van der Waals surface area (Å²) in [5, 5.41) is 6.86. The molecule has 112 valence electrons. The van der Waals surface area contributed by atoms with Gasteiger partial charge in [-0.1, -0.05) is 12.1 Å². The average Bonchev–Trinajstić information content (AvgIpc) is 2.69. The van der Waals surface area contributed by atoms with Crippen LogP contribution in [-0.4, -0.2) is 22.3 Å². The third-order valence-electron chi connectivity index (χ3n) is 2.78. The van der Waals surface area contributed by atoms with Crippen LogP contribution in [0.4, 0.5) is 14.6 Å². The van der Waals surface area contributed by atoms with Crippen molar-refractivity contribution < 1.29 is 18.3 Å². The molecule has 1 heterocycles. The molecule has 0 bridgehead atoms. The summed E-state index contributed by atoms with van der Waals surface area (Å²) in [5.74, 6) is 0.465. The van der Waals surface area contributed by atoms with E-state index in [-0.39, 0.29) is 18.1 Å². The number of carbonyl (C=O) groups is 1. The monoisotopic (exact) mass is 295 g/mol. The Morgan fingerprint density at radius 3 is 2.57 bits per heavy atom. The summed E-state index contributed by atoms with van der Waals surface area (Å²) in [6, 6.07) is 7.72. The van der Waals surface area contributed by atoms with E-state index in [9.17, 15) is 13.6 Å². The minimum Gasteiger partial charge on any atom is -0.435 e. The maximum atomic E-state index is 12.0. The lowest BCUT2D eigenvalue weighted by Gasteiger charge is -2.07. The maximum absolute atomic E-state index is 12.0. The summed E-state index contributed by atoms with van der Waals surface area (Å²) < 4.78 is 29.9. The predicted molar refractivity (Wildman–Crippen MR) is 73.4 cm³/mol. The normalized spacial score (nSPS) is 10.7. The lowest BCUT2D eigenvalue weighted by Crippen LogP contribution is -2.16. The third-order valence-corrected chi connectivity index (χ3v) is 2.78. The van der Waals surface area contributed by atoms with E-state index in [2.05, 4.69) is 15.2 Å². The summed E-state index contributed by atoms with van der Waals surface area (Å²) in [6.45, 7) is -1.02. The summed E-state index contributed by atoms with van der Waals surface area (Å²) >= 11 is 0. The Labute approximate surface area is 120 Å². The first kappa shape index (κ1) is 15.0. The molecule has 0 saturated heterocycles. The van der Waals surface area contributed by atoms with Gasteiger partial charge in [0, 0.05) is 13.1 Å². The molecular weight excluding hydrogens is 280 g/mol. The molecule has 5 nitrogen and oxygen atoms in total. The predicted octanol–water partition coefficient (Wildman–Crippen LogP) is 2.51. The van der Waals surface area contributed by atoms with Gasteiger partial charge >= 0.3 is 6.61 Å². The van der Waals surface area contributed by atoms with E-state index < -0.39 is 6.61 Å². The molecule has 1 aromatic heterocycles. The van der Waals surface area contributed by atoms with Gasteiger partial charge in [-0.2, -0.15) is 13.9 Å². The Morgan fingerprint density at radius 2 is 2.05 bits per heavy atom. The number of hydrogen-bond acceptors (Lipinski definition) is 3. The first-order valence-electron chi connectivity index (χ1n) is 6.28. The molecule has 0 radical (unpaired) electrons. The zero-order valence-electron chi connectivity index (χ0n) is 11.6.